The van der Waals surface area contributed by atoms with Crippen molar-refractivity contribution in [3.63, 3.8) is 0 Å². The second-order valence-corrected chi connectivity index (χ2v) is 7.55. The third kappa shape index (κ3) is 4.05. The van der Waals surface area contributed by atoms with Gasteiger partial charge in [0.25, 0.3) is 5.91 Å². The van der Waals surface area contributed by atoms with E-state index in [-0.39, 0.29) is 17.3 Å². The summed E-state index contributed by atoms with van der Waals surface area (Å²) in [5, 5.41) is 19.0. The van der Waals surface area contributed by atoms with Crippen LogP contribution in [0.3, 0.4) is 0 Å². The summed E-state index contributed by atoms with van der Waals surface area (Å²) in [6, 6.07) is 15.0. The van der Waals surface area contributed by atoms with E-state index >= 15 is 0 Å². The zero-order valence-electron chi connectivity index (χ0n) is 16.8. The summed E-state index contributed by atoms with van der Waals surface area (Å²) in [4.78, 5) is 26.7. The smallest absolute Gasteiger partial charge is 0.356 e. The van der Waals surface area contributed by atoms with Crippen LogP contribution in [0.25, 0.3) is 11.3 Å². The van der Waals surface area contributed by atoms with Crippen LogP contribution in [0, 0.1) is 6.92 Å². The van der Waals surface area contributed by atoms with Gasteiger partial charge in [0.15, 0.2) is 5.69 Å². The Balaban J connectivity index is 1.64. The number of carbonyl (C=O) groups excluding carboxylic acids is 1. The molecule has 1 aliphatic heterocycles. The van der Waals surface area contributed by atoms with E-state index in [1.54, 1.807) is 18.2 Å². The number of hydrogen-bond acceptors (Lipinski definition) is 4. The second-order valence-electron chi connectivity index (χ2n) is 7.55. The number of aromatic nitrogens is 2. The fourth-order valence-electron chi connectivity index (χ4n) is 3.78. The minimum absolute atomic E-state index is 0.147. The Hall–Kier alpha value is -3.61. The highest BCUT2D eigenvalue weighted by Crippen LogP contribution is 2.31. The van der Waals surface area contributed by atoms with Gasteiger partial charge in [0.1, 0.15) is 11.4 Å². The number of aromatic carboxylic acids is 1. The van der Waals surface area contributed by atoms with Gasteiger partial charge < -0.3 is 15.3 Å². The molecule has 1 fully saturated rings. The first-order valence-corrected chi connectivity index (χ1v) is 10.1. The van der Waals surface area contributed by atoms with Gasteiger partial charge in [-0.05, 0) is 50.5 Å². The lowest BCUT2D eigenvalue weighted by Gasteiger charge is -2.28. The summed E-state index contributed by atoms with van der Waals surface area (Å²) < 4.78 is 0. The summed E-state index contributed by atoms with van der Waals surface area (Å²) in [5.74, 6) is -1.56. The van der Waals surface area contributed by atoms with Crippen LogP contribution in [0.4, 0.5) is 11.4 Å². The van der Waals surface area contributed by atoms with Crippen molar-refractivity contribution in [1.29, 1.82) is 0 Å². The van der Waals surface area contributed by atoms with Crippen molar-refractivity contribution >= 4 is 23.3 Å². The van der Waals surface area contributed by atoms with Crippen LogP contribution in [-0.2, 0) is 0 Å². The molecule has 154 valence electrons. The number of carbonyl (C=O) groups is 2. The van der Waals surface area contributed by atoms with Crippen LogP contribution < -0.4 is 10.2 Å². The van der Waals surface area contributed by atoms with Gasteiger partial charge in [-0.3, -0.25) is 9.89 Å². The maximum absolute atomic E-state index is 12.7. The van der Waals surface area contributed by atoms with Crippen LogP contribution in [-0.4, -0.2) is 40.3 Å². The minimum atomic E-state index is -1.18. The maximum Gasteiger partial charge on any atom is 0.356 e. The van der Waals surface area contributed by atoms with E-state index in [1.165, 1.54) is 19.3 Å². The Bertz CT molecular complexity index is 1070. The lowest BCUT2D eigenvalue weighted by atomic mass is 10.1. The number of aromatic amines is 1. The molecule has 0 aliphatic carbocycles. The van der Waals surface area contributed by atoms with Gasteiger partial charge in [-0.15, -0.1) is 0 Å². The number of carboxylic acid groups (broad SMARTS) is 1. The van der Waals surface area contributed by atoms with Gasteiger partial charge in [-0.1, -0.05) is 29.8 Å². The molecule has 3 aromatic rings. The van der Waals surface area contributed by atoms with Crippen molar-refractivity contribution in [2.45, 2.75) is 26.2 Å². The Morgan fingerprint density at radius 2 is 1.80 bits per heavy atom. The molecule has 0 atom stereocenters. The lowest BCUT2D eigenvalue weighted by Crippen LogP contribution is -2.29. The molecule has 1 saturated heterocycles. The number of anilines is 2. The number of rotatable bonds is 5. The first-order valence-electron chi connectivity index (χ1n) is 10.1. The fraction of sp³-hybridized carbons (Fsp3) is 0.261. The highest BCUT2D eigenvalue weighted by atomic mass is 16.4. The largest absolute Gasteiger partial charge is 0.476 e. The quantitative estimate of drug-likeness (QED) is 0.588. The predicted molar refractivity (Wildman–Crippen MR) is 116 cm³/mol. The number of benzene rings is 2. The van der Waals surface area contributed by atoms with E-state index in [1.807, 2.05) is 37.3 Å². The van der Waals surface area contributed by atoms with Crippen molar-refractivity contribution in [3.8, 4) is 11.3 Å². The molecule has 0 spiro atoms. The van der Waals surface area contributed by atoms with E-state index in [0.717, 1.165) is 29.9 Å². The molecular weight excluding hydrogens is 380 g/mol. The van der Waals surface area contributed by atoms with Gasteiger partial charge in [0, 0.05) is 29.9 Å². The molecule has 2 aromatic carbocycles. The number of carboxylic acids is 1. The number of H-pyrrole nitrogens is 1. The number of hydrogen-bond donors (Lipinski definition) is 3. The van der Waals surface area contributed by atoms with Crippen molar-refractivity contribution in [3.05, 3.63) is 65.4 Å². The number of amides is 1. The molecule has 1 amide bonds. The summed E-state index contributed by atoms with van der Waals surface area (Å²) in [7, 11) is 0. The zero-order valence-corrected chi connectivity index (χ0v) is 16.8. The molecule has 3 N–H and O–H groups in total. The molecule has 0 unspecified atom stereocenters. The topological polar surface area (TPSA) is 98.3 Å². The monoisotopic (exact) mass is 404 g/mol. The first kappa shape index (κ1) is 19.7. The number of piperidine rings is 1. The average molecular weight is 404 g/mol. The van der Waals surface area contributed by atoms with Crippen molar-refractivity contribution in [2.24, 2.45) is 0 Å². The van der Waals surface area contributed by atoms with E-state index in [0.29, 0.717) is 11.3 Å². The third-order valence-electron chi connectivity index (χ3n) is 5.36. The molecule has 2 heterocycles. The molecule has 7 nitrogen and oxygen atoms in total. The van der Waals surface area contributed by atoms with Gasteiger partial charge in [0.05, 0.1) is 0 Å². The van der Waals surface area contributed by atoms with E-state index < -0.39 is 5.97 Å². The lowest BCUT2D eigenvalue weighted by molar-refractivity contribution is 0.0691. The third-order valence-corrected chi connectivity index (χ3v) is 5.36. The SMILES string of the molecule is Cc1cccc(C(=O)Nc2c(-c3ccc(N4CCCCC4)cc3)n[nH]c2C(=O)O)c1. The first-order chi connectivity index (χ1) is 14.5. The van der Waals surface area contributed by atoms with Crippen molar-refractivity contribution in [2.75, 3.05) is 23.3 Å². The highest BCUT2D eigenvalue weighted by Gasteiger charge is 2.22. The van der Waals surface area contributed by atoms with Gasteiger partial charge >= 0.3 is 5.97 Å². The molecule has 0 radical (unpaired) electrons. The van der Waals surface area contributed by atoms with Crippen molar-refractivity contribution < 1.29 is 14.7 Å². The Morgan fingerprint density at radius 1 is 1.07 bits per heavy atom. The number of nitrogens with zero attached hydrogens (tertiary/aromatic N) is 2. The van der Waals surface area contributed by atoms with Gasteiger partial charge in [-0.2, -0.15) is 5.10 Å². The molecule has 1 aliphatic rings. The zero-order chi connectivity index (χ0) is 21.1. The van der Waals surface area contributed by atoms with E-state index in [2.05, 4.69) is 20.4 Å². The Labute approximate surface area is 174 Å². The highest BCUT2D eigenvalue weighted by molar-refractivity contribution is 6.09. The molecule has 1 aromatic heterocycles. The fourth-order valence-corrected chi connectivity index (χ4v) is 3.78. The molecule has 4 rings (SSSR count). The van der Waals surface area contributed by atoms with Crippen LogP contribution in [0.2, 0.25) is 0 Å². The van der Waals surface area contributed by atoms with Crippen LogP contribution in [0.5, 0.6) is 0 Å². The Kier molecular flexibility index (Phi) is 5.52. The number of nitrogens with one attached hydrogen (secondary N) is 2. The molecule has 0 bridgehead atoms. The van der Waals surface area contributed by atoms with E-state index in [4.69, 9.17) is 0 Å². The average Bonchev–Trinajstić information content (AvgIpc) is 3.18. The predicted octanol–water partition coefficient (Wildman–Crippen LogP) is 4.33. The standard InChI is InChI=1S/C23H24N4O3/c1-15-6-5-7-17(14-15)22(28)24-20-19(25-26-21(20)23(29)30)16-8-10-18(11-9-16)27-12-3-2-4-13-27/h5-11,14H,2-4,12-13H2,1H3,(H,24,28)(H,25,26)(H,29,30). The summed E-state index contributed by atoms with van der Waals surface area (Å²) in [6.07, 6.45) is 3.65. The summed E-state index contributed by atoms with van der Waals surface area (Å²) in [6.45, 7) is 3.98. The number of aryl methyl sites for hydroxylation is 1. The summed E-state index contributed by atoms with van der Waals surface area (Å²) in [5.41, 5.74) is 3.70. The molecule has 7 heteroatoms. The summed E-state index contributed by atoms with van der Waals surface area (Å²) >= 11 is 0. The van der Waals surface area contributed by atoms with Crippen LogP contribution in [0.15, 0.2) is 48.5 Å². The van der Waals surface area contributed by atoms with Gasteiger partial charge in [0.2, 0.25) is 0 Å². The van der Waals surface area contributed by atoms with Gasteiger partial charge in [-0.25, -0.2) is 4.79 Å². The van der Waals surface area contributed by atoms with Crippen LogP contribution in [0.1, 0.15) is 45.7 Å². The second kappa shape index (κ2) is 8.41. The van der Waals surface area contributed by atoms with Crippen molar-refractivity contribution in [1.82, 2.24) is 10.2 Å². The van der Waals surface area contributed by atoms with E-state index in [9.17, 15) is 14.7 Å². The Morgan fingerprint density at radius 3 is 2.47 bits per heavy atom. The minimum Gasteiger partial charge on any atom is -0.476 e. The molecule has 0 saturated carbocycles. The maximum atomic E-state index is 12.7. The molecular formula is C23H24N4O3. The molecule has 30 heavy (non-hydrogen) atoms. The normalized spacial score (nSPS) is 13.8. The van der Waals surface area contributed by atoms with Crippen LogP contribution >= 0.6 is 0 Å².